The molecular weight excluding hydrogens is 248 g/mol. The molecule has 0 spiro atoms. The fourth-order valence-electron chi connectivity index (χ4n) is 4.64. The molecule has 2 aliphatic rings. The van der Waals surface area contributed by atoms with E-state index in [0.29, 0.717) is 16.9 Å². The summed E-state index contributed by atoms with van der Waals surface area (Å²) in [6.07, 6.45) is 5.89. The third-order valence-corrected chi connectivity index (χ3v) is 5.79. The molecule has 2 saturated carbocycles. The second-order valence-electron chi connectivity index (χ2n) is 7.52. The molecule has 20 heavy (non-hydrogen) atoms. The highest BCUT2D eigenvalue weighted by Crippen LogP contribution is 2.63. The standard InChI is InChI=1S/C17H26N2O/c1-11-8-13(14(20-5)10-18-11)19-15-16(2,3)12-6-7-17(15,4)9-12/h8,10,12,15H,6-7,9H2,1-5H3,(H,18,19). The molecule has 1 aromatic heterocycles. The van der Waals surface area contributed by atoms with Gasteiger partial charge in [-0.15, -0.1) is 0 Å². The number of methoxy groups -OCH3 is 1. The maximum absolute atomic E-state index is 5.47. The number of ether oxygens (including phenoxy) is 1. The van der Waals surface area contributed by atoms with Gasteiger partial charge in [-0.25, -0.2) is 0 Å². The van der Waals surface area contributed by atoms with Crippen molar-refractivity contribution in [1.29, 1.82) is 0 Å². The van der Waals surface area contributed by atoms with Gasteiger partial charge in [0.25, 0.3) is 0 Å². The average Bonchev–Trinajstić information content (AvgIpc) is 2.86. The van der Waals surface area contributed by atoms with Crippen LogP contribution in [0.15, 0.2) is 12.3 Å². The zero-order valence-electron chi connectivity index (χ0n) is 13.3. The van der Waals surface area contributed by atoms with Gasteiger partial charge in [-0.1, -0.05) is 20.8 Å². The minimum Gasteiger partial charge on any atom is -0.493 e. The van der Waals surface area contributed by atoms with Crippen LogP contribution in [0, 0.1) is 23.7 Å². The number of aromatic nitrogens is 1. The van der Waals surface area contributed by atoms with Crippen LogP contribution in [0.5, 0.6) is 5.75 Å². The summed E-state index contributed by atoms with van der Waals surface area (Å²) in [6.45, 7) is 9.30. The molecule has 0 amide bonds. The smallest absolute Gasteiger partial charge is 0.160 e. The summed E-state index contributed by atoms with van der Waals surface area (Å²) in [5.41, 5.74) is 2.87. The van der Waals surface area contributed by atoms with Gasteiger partial charge in [0.2, 0.25) is 0 Å². The average molecular weight is 274 g/mol. The molecule has 1 aromatic rings. The molecule has 110 valence electrons. The number of rotatable bonds is 3. The third kappa shape index (κ3) is 1.90. The molecule has 3 atom stereocenters. The van der Waals surface area contributed by atoms with E-state index in [1.54, 1.807) is 7.11 Å². The summed E-state index contributed by atoms with van der Waals surface area (Å²) < 4.78 is 5.47. The fourth-order valence-corrected chi connectivity index (χ4v) is 4.64. The van der Waals surface area contributed by atoms with Gasteiger partial charge in [0, 0.05) is 11.7 Å². The van der Waals surface area contributed by atoms with Crippen molar-refractivity contribution in [3.63, 3.8) is 0 Å². The molecule has 0 saturated heterocycles. The van der Waals surface area contributed by atoms with E-state index in [1.165, 1.54) is 19.3 Å². The second kappa shape index (κ2) is 4.37. The predicted octanol–water partition coefficient (Wildman–Crippen LogP) is 4.03. The van der Waals surface area contributed by atoms with E-state index in [1.807, 2.05) is 13.1 Å². The van der Waals surface area contributed by atoms with E-state index in [9.17, 15) is 0 Å². The van der Waals surface area contributed by atoms with Crippen LogP contribution in [0.1, 0.15) is 45.7 Å². The number of nitrogens with zero attached hydrogens (tertiary/aromatic N) is 1. The molecule has 0 aliphatic heterocycles. The van der Waals surface area contributed by atoms with E-state index in [0.717, 1.165) is 23.0 Å². The number of hydrogen-bond donors (Lipinski definition) is 1. The van der Waals surface area contributed by atoms with Crippen LogP contribution in [0.2, 0.25) is 0 Å². The maximum Gasteiger partial charge on any atom is 0.160 e. The topological polar surface area (TPSA) is 34.1 Å². The first kappa shape index (κ1) is 13.7. The van der Waals surface area contributed by atoms with Crippen molar-refractivity contribution in [1.82, 2.24) is 4.98 Å². The lowest BCUT2D eigenvalue weighted by Gasteiger charge is -2.43. The molecule has 3 nitrogen and oxygen atoms in total. The van der Waals surface area contributed by atoms with Gasteiger partial charge < -0.3 is 10.1 Å². The monoisotopic (exact) mass is 274 g/mol. The van der Waals surface area contributed by atoms with Gasteiger partial charge in [0.05, 0.1) is 19.0 Å². The largest absolute Gasteiger partial charge is 0.493 e. The Kier molecular flexibility index (Phi) is 3.00. The highest BCUT2D eigenvalue weighted by molar-refractivity contribution is 5.57. The van der Waals surface area contributed by atoms with Gasteiger partial charge in [-0.2, -0.15) is 0 Å². The van der Waals surface area contributed by atoms with Gasteiger partial charge in [0.1, 0.15) is 0 Å². The Hall–Kier alpha value is -1.25. The van der Waals surface area contributed by atoms with Crippen molar-refractivity contribution in [3.05, 3.63) is 18.0 Å². The van der Waals surface area contributed by atoms with Crippen LogP contribution in [0.25, 0.3) is 0 Å². The first-order chi connectivity index (χ1) is 9.37. The van der Waals surface area contributed by atoms with E-state index >= 15 is 0 Å². The Morgan fingerprint density at radius 2 is 2.10 bits per heavy atom. The van der Waals surface area contributed by atoms with Crippen molar-refractivity contribution in [3.8, 4) is 5.75 Å². The Morgan fingerprint density at radius 3 is 2.70 bits per heavy atom. The van der Waals surface area contributed by atoms with Crippen molar-refractivity contribution in [2.45, 2.75) is 53.0 Å². The van der Waals surface area contributed by atoms with E-state index in [-0.39, 0.29) is 0 Å². The fraction of sp³-hybridized carbons (Fsp3) is 0.706. The van der Waals surface area contributed by atoms with E-state index in [2.05, 4.69) is 37.1 Å². The molecule has 2 fully saturated rings. The first-order valence-electron chi connectivity index (χ1n) is 7.64. The molecule has 2 aliphatic carbocycles. The number of pyridine rings is 1. The van der Waals surface area contributed by atoms with Crippen LogP contribution in [-0.4, -0.2) is 18.1 Å². The summed E-state index contributed by atoms with van der Waals surface area (Å²) in [5.74, 6) is 1.69. The van der Waals surface area contributed by atoms with Gasteiger partial charge in [-0.3, -0.25) is 4.98 Å². The summed E-state index contributed by atoms with van der Waals surface area (Å²) in [5, 5.41) is 3.80. The minimum absolute atomic E-state index is 0.342. The Labute approximate surface area is 122 Å². The lowest BCUT2D eigenvalue weighted by Crippen LogP contribution is -2.45. The number of aryl methyl sites for hydroxylation is 1. The van der Waals surface area contributed by atoms with Gasteiger partial charge in [-0.05, 0) is 49.0 Å². The van der Waals surface area contributed by atoms with E-state index < -0.39 is 0 Å². The number of hydrogen-bond acceptors (Lipinski definition) is 3. The molecule has 0 radical (unpaired) electrons. The highest BCUT2D eigenvalue weighted by Gasteiger charge is 2.59. The molecule has 1 heterocycles. The van der Waals surface area contributed by atoms with E-state index in [4.69, 9.17) is 4.74 Å². The molecule has 1 N–H and O–H groups in total. The minimum atomic E-state index is 0.342. The van der Waals surface area contributed by atoms with Crippen LogP contribution < -0.4 is 10.1 Å². The zero-order valence-corrected chi connectivity index (χ0v) is 13.3. The van der Waals surface area contributed by atoms with Crippen molar-refractivity contribution < 1.29 is 4.74 Å². The summed E-state index contributed by atoms with van der Waals surface area (Å²) in [4.78, 5) is 4.32. The zero-order chi connectivity index (χ0) is 14.5. The lowest BCUT2D eigenvalue weighted by atomic mass is 9.68. The summed E-state index contributed by atoms with van der Waals surface area (Å²) >= 11 is 0. The number of nitrogens with one attached hydrogen (secondary N) is 1. The first-order valence-corrected chi connectivity index (χ1v) is 7.64. The molecule has 3 heteroatoms. The van der Waals surface area contributed by atoms with Crippen molar-refractivity contribution in [2.75, 3.05) is 12.4 Å². The van der Waals surface area contributed by atoms with Crippen molar-refractivity contribution >= 4 is 5.69 Å². The van der Waals surface area contributed by atoms with Crippen molar-refractivity contribution in [2.24, 2.45) is 16.7 Å². The third-order valence-electron chi connectivity index (χ3n) is 5.79. The Bertz CT molecular complexity index is 521. The molecular formula is C17H26N2O. The predicted molar refractivity (Wildman–Crippen MR) is 82.2 cm³/mol. The Balaban J connectivity index is 1.93. The van der Waals surface area contributed by atoms with Crippen LogP contribution in [0.4, 0.5) is 5.69 Å². The summed E-state index contributed by atoms with van der Waals surface area (Å²) in [7, 11) is 1.71. The SMILES string of the molecule is COc1cnc(C)cc1NC1C2(C)CCC(C2)C1(C)C. The Morgan fingerprint density at radius 1 is 1.35 bits per heavy atom. The number of fused-ring (bicyclic) bond motifs is 2. The second-order valence-corrected chi connectivity index (χ2v) is 7.52. The van der Waals surface area contributed by atoms with Crippen LogP contribution >= 0.6 is 0 Å². The molecule has 3 rings (SSSR count). The highest BCUT2D eigenvalue weighted by atomic mass is 16.5. The lowest BCUT2D eigenvalue weighted by molar-refractivity contribution is 0.155. The normalized spacial score (nSPS) is 34.2. The maximum atomic E-state index is 5.47. The summed E-state index contributed by atoms with van der Waals surface area (Å²) in [6, 6.07) is 2.61. The van der Waals surface area contributed by atoms with Crippen LogP contribution in [0.3, 0.4) is 0 Å². The number of anilines is 1. The van der Waals surface area contributed by atoms with Crippen LogP contribution in [-0.2, 0) is 0 Å². The molecule has 2 bridgehead atoms. The van der Waals surface area contributed by atoms with Gasteiger partial charge in [0.15, 0.2) is 5.75 Å². The molecule has 0 aromatic carbocycles. The van der Waals surface area contributed by atoms with Gasteiger partial charge >= 0.3 is 0 Å². The molecule has 3 unspecified atom stereocenters. The quantitative estimate of drug-likeness (QED) is 0.903.